The normalized spacial score (nSPS) is 12.6. The van der Waals surface area contributed by atoms with Crippen molar-refractivity contribution in [3.05, 3.63) is 65.2 Å². The first-order valence-electron chi connectivity index (χ1n) is 6.98. The van der Waals surface area contributed by atoms with Crippen molar-refractivity contribution in [2.24, 2.45) is 0 Å². The van der Waals surface area contributed by atoms with E-state index in [9.17, 15) is 18.0 Å². The Bertz CT molecular complexity index is 681. The predicted octanol–water partition coefficient (Wildman–Crippen LogP) is 4.38. The van der Waals surface area contributed by atoms with Crippen LogP contribution in [0.5, 0.6) is 5.75 Å². The van der Waals surface area contributed by atoms with E-state index >= 15 is 0 Å². The number of carbonyl (C=O) groups excluding carboxylic acids is 1. The zero-order valence-electron chi connectivity index (χ0n) is 12.6. The Labute approximate surface area is 132 Å². The fraction of sp³-hybridized carbons (Fsp3) is 0.235. The molecule has 1 amide bonds. The van der Waals surface area contributed by atoms with Gasteiger partial charge in [-0.1, -0.05) is 24.3 Å². The maximum absolute atomic E-state index is 12.2. The van der Waals surface area contributed by atoms with Gasteiger partial charge in [0.25, 0.3) is 5.91 Å². The minimum absolute atomic E-state index is 0.213. The molecule has 0 aromatic heterocycles. The third-order valence-electron chi connectivity index (χ3n) is 3.35. The van der Waals surface area contributed by atoms with Gasteiger partial charge in [-0.05, 0) is 49.2 Å². The summed E-state index contributed by atoms with van der Waals surface area (Å²) < 4.78 is 40.1. The minimum Gasteiger partial charge on any atom is -0.406 e. The molecule has 122 valence electrons. The van der Waals surface area contributed by atoms with Crippen LogP contribution >= 0.6 is 0 Å². The summed E-state index contributed by atoms with van der Waals surface area (Å²) in [5, 5.41) is 2.82. The molecule has 0 aliphatic carbocycles. The number of carbonyl (C=O) groups is 1. The van der Waals surface area contributed by atoms with Crippen molar-refractivity contribution >= 4 is 5.91 Å². The molecule has 3 nitrogen and oxygen atoms in total. The fourth-order valence-electron chi connectivity index (χ4n) is 2.24. The monoisotopic (exact) mass is 323 g/mol. The SMILES string of the molecule is Cc1ccccc1C(C)NC(=O)c1ccc(OC(F)(F)F)cc1. The molecule has 2 aromatic rings. The molecular weight excluding hydrogens is 307 g/mol. The number of nitrogens with one attached hydrogen (secondary N) is 1. The zero-order valence-corrected chi connectivity index (χ0v) is 12.6. The molecule has 1 unspecified atom stereocenters. The Morgan fingerprint density at radius 1 is 1.09 bits per heavy atom. The number of hydrogen-bond donors (Lipinski definition) is 1. The Kier molecular flexibility index (Phi) is 4.93. The molecule has 0 spiro atoms. The van der Waals surface area contributed by atoms with Crippen molar-refractivity contribution in [3.63, 3.8) is 0 Å². The largest absolute Gasteiger partial charge is 0.573 e. The molecule has 2 rings (SSSR count). The summed E-state index contributed by atoms with van der Waals surface area (Å²) in [6, 6.07) is 12.3. The van der Waals surface area contributed by atoms with E-state index in [2.05, 4.69) is 10.1 Å². The Morgan fingerprint density at radius 3 is 2.26 bits per heavy atom. The summed E-state index contributed by atoms with van der Waals surface area (Å²) >= 11 is 0. The lowest BCUT2D eigenvalue weighted by Gasteiger charge is -2.16. The van der Waals surface area contributed by atoms with Crippen molar-refractivity contribution in [3.8, 4) is 5.75 Å². The first kappa shape index (κ1) is 16.9. The third-order valence-corrected chi connectivity index (χ3v) is 3.35. The summed E-state index contributed by atoms with van der Waals surface area (Å²) in [6.45, 7) is 3.79. The quantitative estimate of drug-likeness (QED) is 0.906. The van der Waals surface area contributed by atoms with Gasteiger partial charge in [0.15, 0.2) is 0 Å². The molecule has 0 aliphatic heterocycles. The number of rotatable bonds is 4. The third kappa shape index (κ3) is 4.74. The van der Waals surface area contributed by atoms with Crippen molar-refractivity contribution in [1.82, 2.24) is 5.32 Å². The Morgan fingerprint density at radius 2 is 1.70 bits per heavy atom. The van der Waals surface area contributed by atoms with Gasteiger partial charge in [0.1, 0.15) is 5.75 Å². The number of hydrogen-bond acceptors (Lipinski definition) is 2. The molecule has 0 saturated carbocycles. The lowest BCUT2D eigenvalue weighted by molar-refractivity contribution is -0.274. The van der Waals surface area contributed by atoms with Crippen molar-refractivity contribution in [1.29, 1.82) is 0 Å². The van der Waals surface area contributed by atoms with Gasteiger partial charge in [-0.3, -0.25) is 4.79 Å². The molecule has 2 aromatic carbocycles. The molecule has 0 radical (unpaired) electrons. The lowest BCUT2D eigenvalue weighted by atomic mass is 10.0. The van der Waals surface area contributed by atoms with Gasteiger partial charge in [-0.2, -0.15) is 0 Å². The van der Waals surface area contributed by atoms with Gasteiger partial charge >= 0.3 is 6.36 Å². The van der Waals surface area contributed by atoms with Gasteiger partial charge < -0.3 is 10.1 Å². The molecule has 1 N–H and O–H groups in total. The molecule has 0 bridgehead atoms. The van der Waals surface area contributed by atoms with Crippen LogP contribution in [0.25, 0.3) is 0 Å². The number of benzene rings is 2. The molecule has 6 heteroatoms. The Balaban J connectivity index is 2.05. The van der Waals surface area contributed by atoms with Crippen LogP contribution in [0.3, 0.4) is 0 Å². The van der Waals surface area contributed by atoms with Crippen LogP contribution in [0.1, 0.15) is 34.5 Å². The highest BCUT2D eigenvalue weighted by Crippen LogP contribution is 2.23. The molecular formula is C17H16F3NO2. The Hall–Kier alpha value is -2.50. The van der Waals surface area contributed by atoms with Crippen LogP contribution < -0.4 is 10.1 Å². The fourth-order valence-corrected chi connectivity index (χ4v) is 2.24. The number of ether oxygens (including phenoxy) is 1. The van der Waals surface area contributed by atoms with Crippen LogP contribution in [-0.4, -0.2) is 12.3 Å². The van der Waals surface area contributed by atoms with E-state index in [0.29, 0.717) is 0 Å². The van der Waals surface area contributed by atoms with Crippen LogP contribution in [0, 0.1) is 6.92 Å². The maximum atomic E-state index is 12.2. The maximum Gasteiger partial charge on any atom is 0.573 e. The molecule has 0 heterocycles. The second-order valence-electron chi connectivity index (χ2n) is 5.12. The summed E-state index contributed by atoms with van der Waals surface area (Å²) in [5.41, 5.74) is 2.30. The van der Waals surface area contributed by atoms with Gasteiger partial charge in [0.2, 0.25) is 0 Å². The van der Waals surface area contributed by atoms with E-state index in [-0.39, 0.29) is 23.3 Å². The standard InChI is InChI=1S/C17H16F3NO2/c1-11-5-3-4-6-15(11)12(2)21-16(22)13-7-9-14(10-8-13)23-17(18,19)20/h3-10,12H,1-2H3,(H,21,22). The van der Waals surface area contributed by atoms with Crippen molar-refractivity contribution in [2.45, 2.75) is 26.3 Å². The second-order valence-corrected chi connectivity index (χ2v) is 5.12. The van der Waals surface area contributed by atoms with Gasteiger partial charge in [-0.15, -0.1) is 13.2 Å². The van der Waals surface area contributed by atoms with Crippen LogP contribution in [0.15, 0.2) is 48.5 Å². The zero-order chi connectivity index (χ0) is 17.0. The number of aryl methyl sites for hydroxylation is 1. The highest BCUT2D eigenvalue weighted by atomic mass is 19.4. The molecule has 0 fully saturated rings. The highest BCUT2D eigenvalue weighted by Gasteiger charge is 2.31. The first-order valence-corrected chi connectivity index (χ1v) is 6.98. The average Bonchev–Trinajstić information content (AvgIpc) is 2.46. The average molecular weight is 323 g/mol. The van der Waals surface area contributed by atoms with E-state index in [1.807, 2.05) is 38.1 Å². The predicted molar refractivity (Wildman–Crippen MR) is 80.2 cm³/mol. The highest BCUT2D eigenvalue weighted by molar-refractivity contribution is 5.94. The first-order chi connectivity index (χ1) is 10.8. The number of amides is 1. The molecule has 0 saturated heterocycles. The van der Waals surface area contributed by atoms with E-state index in [4.69, 9.17) is 0 Å². The lowest BCUT2D eigenvalue weighted by Crippen LogP contribution is -2.27. The van der Waals surface area contributed by atoms with E-state index in [1.165, 1.54) is 12.1 Å². The summed E-state index contributed by atoms with van der Waals surface area (Å²) in [4.78, 5) is 12.2. The van der Waals surface area contributed by atoms with Crippen LogP contribution in [-0.2, 0) is 0 Å². The minimum atomic E-state index is -4.75. The molecule has 23 heavy (non-hydrogen) atoms. The number of halogens is 3. The van der Waals surface area contributed by atoms with Crippen LogP contribution in [0.2, 0.25) is 0 Å². The molecule has 1 atom stereocenters. The summed E-state index contributed by atoms with van der Waals surface area (Å²) in [7, 11) is 0. The van der Waals surface area contributed by atoms with E-state index in [0.717, 1.165) is 23.3 Å². The smallest absolute Gasteiger partial charge is 0.406 e. The van der Waals surface area contributed by atoms with E-state index in [1.54, 1.807) is 0 Å². The van der Waals surface area contributed by atoms with Crippen molar-refractivity contribution < 1.29 is 22.7 Å². The topological polar surface area (TPSA) is 38.3 Å². The molecule has 0 aliphatic rings. The number of alkyl halides is 3. The van der Waals surface area contributed by atoms with E-state index < -0.39 is 6.36 Å². The van der Waals surface area contributed by atoms with Gasteiger partial charge in [0, 0.05) is 5.56 Å². The van der Waals surface area contributed by atoms with Gasteiger partial charge in [-0.25, -0.2) is 0 Å². The van der Waals surface area contributed by atoms with Crippen LogP contribution in [0.4, 0.5) is 13.2 Å². The van der Waals surface area contributed by atoms with Gasteiger partial charge in [0.05, 0.1) is 6.04 Å². The summed E-state index contributed by atoms with van der Waals surface area (Å²) in [6.07, 6.45) is -4.75. The second kappa shape index (κ2) is 6.73. The van der Waals surface area contributed by atoms with Crippen molar-refractivity contribution in [2.75, 3.05) is 0 Å². The summed E-state index contributed by atoms with van der Waals surface area (Å²) in [5.74, 6) is -0.722.